The van der Waals surface area contributed by atoms with Crippen LogP contribution in [0.3, 0.4) is 0 Å². The molecule has 27 nitrogen and oxygen atoms in total. The fourth-order valence-corrected chi connectivity index (χ4v) is 10.5. The number of aromatic amines is 2. The third-order valence-corrected chi connectivity index (χ3v) is 15.8. The van der Waals surface area contributed by atoms with Gasteiger partial charge in [0, 0.05) is 30.8 Å². The Kier molecular flexibility index (Phi) is 25.0. The van der Waals surface area contributed by atoms with Crippen LogP contribution >= 0.6 is 0 Å². The fraction of sp³-hybridized carbons (Fsp3) is 0.475. The van der Waals surface area contributed by atoms with Gasteiger partial charge in [-0.05, 0) is 59.4 Å². The summed E-state index contributed by atoms with van der Waals surface area (Å²) in [6.07, 6.45) is 4.15. The number of carbonyl (C=O) groups excluding carboxylic acids is 8. The van der Waals surface area contributed by atoms with E-state index in [0.29, 0.717) is 58.6 Å². The molecule has 5 aromatic rings. The summed E-state index contributed by atoms with van der Waals surface area (Å²) in [5, 5.41) is 20.6. The Morgan fingerprint density at radius 2 is 0.966 bits per heavy atom. The molecule has 5 aliphatic heterocycles. The van der Waals surface area contributed by atoms with Crippen LogP contribution in [-0.4, -0.2) is 183 Å². The van der Waals surface area contributed by atoms with Crippen molar-refractivity contribution in [1.29, 1.82) is 0 Å². The molecule has 5 aliphatic rings. The van der Waals surface area contributed by atoms with E-state index in [1.807, 2.05) is 68.4 Å². The van der Waals surface area contributed by atoms with Gasteiger partial charge in [-0.25, -0.2) is 33.9 Å². The standard InChI is InChI=1S/C40H48N8O7.C14H17NO5.C7H11NO5.Li/c1-23(2)33(45-39(51)53-3)37(49)47-17-5-7-31(47)35-41-19-29(43-35)26-13-9-24(10-14-26)25-11-15-27(16-12-25)30-20-42-36(44-30)32-8-6-18-48(32)38(50)34(28-21-55-22-28)46-40(52)54-4;1-18-13(16)12(11-8-19-9-11)15-14(17)20-7-10-5-3-2-4-6-10;1-12-7(11)8-5(6(9)10)4-2-13-3-4;/h9-16,19-20,23,28,31-34H,5-8,17-18,21-22H2,1-4H3,(H,41,43)(H,42,44)(H,45,51)(H,46,52);2-6,11-12H,7-9H2,1H3,(H,15,17);4-5H,2-3H2,1H3,(H,8,11)(H,9,10);/q;;;+1/p-1/t31-,32-,33-,34?;;;/m0.../s1. The summed E-state index contributed by atoms with van der Waals surface area (Å²) in [5.74, 6) is -1.15. The number of esters is 1. The molecule has 89 heavy (non-hydrogen) atoms. The summed E-state index contributed by atoms with van der Waals surface area (Å²) in [6, 6.07) is 22.2. The third-order valence-electron chi connectivity index (χ3n) is 15.8. The second-order valence-electron chi connectivity index (χ2n) is 21.9. The van der Waals surface area contributed by atoms with E-state index in [2.05, 4.69) is 74.9 Å². The van der Waals surface area contributed by atoms with Crippen molar-refractivity contribution >= 4 is 48.1 Å². The molecule has 6 N–H and O–H groups in total. The summed E-state index contributed by atoms with van der Waals surface area (Å²) in [4.78, 5) is 116. The Balaban J connectivity index is 0.000000270. The molecule has 0 bridgehead atoms. The van der Waals surface area contributed by atoms with Crippen molar-refractivity contribution in [3.63, 3.8) is 0 Å². The van der Waals surface area contributed by atoms with Gasteiger partial charge in [0.05, 0.1) is 116 Å². The van der Waals surface area contributed by atoms with Gasteiger partial charge in [-0.15, -0.1) is 0 Å². The summed E-state index contributed by atoms with van der Waals surface area (Å²) >= 11 is 0. The first-order chi connectivity index (χ1) is 42.5. The molecular weight excluding hydrogens is 1150 g/mol. The topological polar surface area (TPSA) is 345 Å². The average Bonchev–Trinajstić information content (AvgIpc) is 2.11. The fourth-order valence-electron chi connectivity index (χ4n) is 10.5. The zero-order valence-corrected chi connectivity index (χ0v) is 50.9. The number of carbonyl (C=O) groups is 8. The van der Waals surface area contributed by atoms with Crippen molar-refractivity contribution in [2.75, 3.05) is 81.2 Å². The molecule has 6 amide bonds. The van der Waals surface area contributed by atoms with Crippen molar-refractivity contribution in [3.05, 3.63) is 108 Å². The van der Waals surface area contributed by atoms with Gasteiger partial charge in [-0.3, -0.25) is 9.59 Å². The zero-order chi connectivity index (χ0) is 62.9. The predicted molar refractivity (Wildman–Crippen MR) is 311 cm³/mol. The molecule has 3 unspecified atom stereocenters. The smallest absolute Gasteiger partial charge is 0.548 e. The molecule has 3 aromatic carbocycles. The molecule has 0 saturated carbocycles. The van der Waals surface area contributed by atoms with E-state index in [1.54, 1.807) is 22.2 Å². The van der Waals surface area contributed by atoms with E-state index >= 15 is 0 Å². The van der Waals surface area contributed by atoms with Crippen LogP contribution in [0, 0.1) is 23.7 Å². The Morgan fingerprint density at radius 1 is 0.551 bits per heavy atom. The Hall–Kier alpha value is -8.48. The van der Waals surface area contributed by atoms with Gasteiger partial charge in [0.15, 0.2) is 0 Å². The first-order valence-electron chi connectivity index (χ1n) is 28.9. The van der Waals surface area contributed by atoms with Gasteiger partial charge in [0.25, 0.3) is 0 Å². The summed E-state index contributed by atoms with van der Waals surface area (Å²) in [6.45, 7) is 7.46. The first-order valence-corrected chi connectivity index (χ1v) is 28.9. The monoisotopic (exact) mass is 1230 g/mol. The van der Waals surface area contributed by atoms with E-state index in [-0.39, 0.29) is 73.0 Å². The molecule has 28 heteroatoms. The number of amides is 6. The SMILES string of the molecule is COC(=O)C(NC(=O)OCc1ccccc1)C1COC1.COC(=O)NC(C(=O)N1CCC[C@H]1c1ncc(-c2ccc(-c3ccc(-c4cnc([C@@H]5CCCN5C(=O)[C@@H](NC(=O)OC)C(C)C)[nH]4)cc3)cc2)[nH]1)C1COC1.COC(=O)NC(C(=O)[O-])C1COC1.[Li+]. The number of likely N-dealkylation sites (tertiary alicyclic amines) is 2. The van der Waals surface area contributed by atoms with Crippen LogP contribution in [0.2, 0.25) is 0 Å². The van der Waals surface area contributed by atoms with Gasteiger partial charge in [-0.1, -0.05) is 92.7 Å². The number of carboxylic acid groups (broad SMARTS) is 1. The number of aliphatic carboxylic acids is 1. The van der Waals surface area contributed by atoms with Crippen molar-refractivity contribution in [2.24, 2.45) is 23.7 Å². The molecule has 472 valence electrons. The van der Waals surface area contributed by atoms with Gasteiger partial charge in [-0.2, -0.15) is 0 Å². The zero-order valence-electron chi connectivity index (χ0n) is 50.9. The van der Waals surface area contributed by atoms with E-state index in [0.717, 1.165) is 70.7 Å². The molecule has 10 rings (SSSR count). The minimum absolute atomic E-state index is 0. The minimum Gasteiger partial charge on any atom is -0.548 e. The number of alkyl carbamates (subject to hydrolysis) is 4. The number of methoxy groups -OCH3 is 4. The summed E-state index contributed by atoms with van der Waals surface area (Å²) < 4.78 is 38.7. The van der Waals surface area contributed by atoms with Crippen molar-refractivity contribution in [2.45, 2.75) is 82.4 Å². The number of ether oxygens (including phenoxy) is 8. The number of hydrogen-bond donors (Lipinski definition) is 6. The number of carboxylic acids is 1. The number of rotatable bonds is 19. The second kappa shape index (κ2) is 32.7. The first kappa shape index (κ1) is 68.0. The van der Waals surface area contributed by atoms with Crippen LogP contribution in [-0.2, 0) is 63.7 Å². The minimum atomic E-state index is -1.32. The van der Waals surface area contributed by atoms with Crippen molar-refractivity contribution in [1.82, 2.24) is 51.0 Å². The van der Waals surface area contributed by atoms with Crippen LogP contribution in [0.25, 0.3) is 33.6 Å². The molecule has 5 fully saturated rings. The molecule has 0 spiro atoms. The van der Waals surface area contributed by atoms with Gasteiger partial charge < -0.3 is 88.8 Å². The maximum absolute atomic E-state index is 13.7. The van der Waals surface area contributed by atoms with Crippen molar-refractivity contribution in [3.8, 4) is 33.6 Å². The van der Waals surface area contributed by atoms with Crippen LogP contribution < -0.4 is 45.2 Å². The van der Waals surface area contributed by atoms with Gasteiger partial charge >= 0.3 is 49.2 Å². The second-order valence-corrected chi connectivity index (χ2v) is 21.9. The molecule has 0 aliphatic carbocycles. The molecule has 5 saturated heterocycles. The average molecular weight is 1230 g/mol. The normalized spacial score (nSPS) is 18.3. The number of nitrogens with zero attached hydrogens (tertiary/aromatic N) is 4. The third kappa shape index (κ3) is 17.7. The molecule has 2 aromatic heterocycles. The number of benzene rings is 3. The number of imidazole rings is 2. The Bertz CT molecular complexity index is 3170. The van der Waals surface area contributed by atoms with E-state index in [4.69, 9.17) is 28.4 Å². The number of hydrogen-bond acceptors (Lipinski definition) is 19. The summed E-state index contributed by atoms with van der Waals surface area (Å²) in [7, 11) is 5.02. The molecule has 0 radical (unpaired) electrons. The van der Waals surface area contributed by atoms with E-state index in [1.165, 1.54) is 28.4 Å². The van der Waals surface area contributed by atoms with Gasteiger partial charge in [0.2, 0.25) is 11.8 Å². The van der Waals surface area contributed by atoms with Crippen LogP contribution in [0.15, 0.2) is 91.3 Å². The number of nitrogens with one attached hydrogen (secondary N) is 6. The van der Waals surface area contributed by atoms with E-state index < -0.39 is 60.5 Å². The van der Waals surface area contributed by atoms with Crippen LogP contribution in [0.1, 0.15) is 68.8 Å². The van der Waals surface area contributed by atoms with Crippen LogP contribution in [0.5, 0.6) is 0 Å². The quantitative estimate of drug-likeness (QED) is 0.0387. The molecule has 6 atom stereocenters. The largest absolute Gasteiger partial charge is 1.00 e. The Morgan fingerprint density at radius 3 is 1.39 bits per heavy atom. The van der Waals surface area contributed by atoms with Crippen LogP contribution in [0.4, 0.5) is 19.2 Å². The van der Waals surface area contributed by atoms with Crippen molar-refractivity contribution < 1.29 is 100 Å². The van der Waals surface area contributed by atoms with Gasteiger partial charge in [0.1, 0.15) is 36.4 Å². The maximum atomic E-state index is 13.7. The molecular formula is C61H75LiN10O17. The predicted octanol–water partition coefficient (Wildman–Crippen LogP) is 1.42. The molecule has 7 heterocycles. The maximum Gasteiger partial charge on any atom is 1.00 e. The van der Waals surface area contributed by atoms with E-state index in [9.17, 15) is 43.5 Å². The number of H-pyrrole nitrogens is 2. The number of aromatic nitrogens is 4. The summed E-state index contributed by atoms with van der Waals surface area (Å²) in [5.41, 5.74) is 6.64. The Labute approximate surface area is 526 Å².